The van der Waals surface area contributed by atoms with Crippen molar-refractivity contribution in [1.82, 2.24) is 14.8 Å². The molecular formula is C13H9N3O2S2. The summed E-state index contributed by atoms with van der Waals surface area (Å²) in [5, 5.41) is 17.9. The number of hydrogen-bond acceptors (Lipinski definition) is 4. The largest absolute Gasteiger partial charge is 0.478 e. The summed E-state index contributed by atoms with van der Waals surface area (Å²) >= 11 is 6.81. The Bertz CT molecular complexity index is 801. The van der Waals surface area contributed by atoms with Gasteiger partial charge in [0.25, 0.3) is 0 Å². The molecule has 2 aromatic heterocycles. The van der Waals surface area contributed by atoms with E-state index in [1.807, 2.05) is 17.5 Å². The Morgan fingerprint density at radius 1 is 1.30 bits per heavy atom. The van der Waals surface area contributed by atoms with Gasteiger partial charge in [0.2, 0.25) is 0 Å². The molecule has 0 aliphatic rings. The lowest BCUT2D eigenvalue weighted by Crippen LogP contribution is -1.99. The molecule has 0 amide bonds. The lowest BCUT2D eigenvalue weighted by Gasteiger charge is -2.05. The predicted octanol–water partition coefficient (Wildman–Crippen LogP) is 3.36. The Hall–Kier alpha value is -2.25. The average Bonchev–Trinajstić information content (AvgIpc) is 3.07. The van der Waals surface area contributed by atoms with E-state index in [2.05, 4.69) is 10.2 Å². The molecule has 0 saturated carbocycles. The standard InChI is InChI=1S/C13H9N3O2S2/c17-12(18)8-3-5-9(6-4-8)16-11(14-15-13(16)19)10-2-1-7-20-10/h1-7H,(H,15,19)(H,17,18). The van der Waals surface area contributed by atoms with Crippen LogP contribution in [-0.2, 0) is 0 Å². The van der Waals surface area contributed by atoms with Crippen molar-refractivity contribution >= 4 is 29.5 Å². The summed E-state index contributed by atoms with van der Waals surface area (Å²) in [6.45, 7) is 0. The summed E-state index contributed by atoms with van der Waals surface area (Å²) in [6, 6.07) is 10.4. The third-order valence-corrected chi connectivity index (χ3v) is 3.93. The number of nitrogens with one attached hydrogen (secondary N) is 1. The van der Waals surface area contributed by atoms with Crippen LogP contribution in [0.3, 0.4) is 0 Å². The van der Waals surface area contributed by atoms with E-state index in [-0.39, 0.29) is 5.56 Å². The first-order valence-corrected chi connectivity index (χ1v) is 7.00. The van der Waals surface area contributed by atoms with Gasteiger partial charge in [-0.05, 0) is 47.9 Å². The fourth-order valence-corrected chi connectivity index (χ4v) is 2.80. The van der Waals surface area contributed by atoms with Gasteiger partial charge in [0.1, 0.15) is 0 Å². The zero-order valence-electron chi connectivity index (χ0n) is 10.1. The van der Waals surface area contributed by atoms with Gasteiger partial charge in [0.15, 0.2) is 10.6 Å². The molecule has 1 aromatic carbocycles. The van der Waals surface area contributed by atoms with E-state index in [0.29, 0.717) is 10.6 Å². The zero-order valence-corrected chi connectivity index (χ0v) is 11.7. The molecule has 3 aromatic rings. The van der Waals surface area contributed by atoms with E-state index in [0.717, 1.165) is 10.6 Å². The Balaban J connectivity index is 2.13. The van der Waals surface area contributed by atoms with Crippen molar-refractivity contribution < 1.29 is 9.90 Å². The minimum atomic E-state index is -0.953. The molecule has 0 radical (unpaired) electrons. The van der Waals surface area contributed by atoms with Gasteiger partial charge >= 0.3 is 5.97 Å². The number of rotatable bonds is 3. The third kappa shape index (κ3) is 2.17. The molecule has 0 aliphatic carbocycles. The fraction of sp³-hybridized carbons (Fsp3) is 0. The molecule has 0 fully saturated rings. The SMILES string of the molecule is O=C(O)c1ccc(-n2c(-c3cccs3)n[nH]c2=S)cc1. The Morgan fingerprint density at radius 2 is 2.05 bits per heavy atom. The Morgan fingerprint density at radius 3 is 2.65 bits per heavy atom. The molecule has 0 aliphatic heterocycles. The van der Waals surface area contributed by atoms with Crippen LogP contribution in [0.4, 0.5) is 0 Å². The summed E-state index contributed by atoms with van der Waals surface area (Å²) in [5.41, 5.74) is 1.01. The van der Waals surface area contributed by atoms with Gasteiger partial charge in [-0.3, -0.25) is 9.67 Å². The molecular weight excluding hydrogens is 294 g/mol. The van der Waals surface area contributed by atoms with Gasteiger partial charge in [-0.1, -0.05) is 6.07 Å². The summed E-state index contributed by atoms with van der Waals surface area (Å²) in [4.78, 5) is 11.9. The Kier molecular flexibility index (Phi) is 3.21. The molecule has 0 bridgehead atoms. The van der Waals surface area contributed by atoms with Crippen LogP contribution in [0.5, 0.6) is 0 Å². The summed E-state index contributed by atoms with van der Waals surface area (Å²) in [6.07, 6.45) is 0. The van der Waals surface area contributed by atoms with Crippen LogP contribution < -0.4 is 0 Å². The topological polar surface area (TPSA) is 70.9 Å². The van der Waals surface area contributed by atoms with Gasteiger partial charge in [-0.25, -0.2) is 4.79 Å². The normalized spacial score (nSPS) is 10.6. The fourth-order valence-electron chi connectivity index (χ4n) is 1.86. The van der Waals surface area contributed by atoms with Crippen molar-refractivity contribution in [3.8, 4) is 16.4 Å². The molecule has 7 heteroatoms. The number of nitrogens with zero attached hydrogens (tertiary/aromatic N) is 2. The zero-order chi connectivity index (χ0) is 14.1. The van der Waals surface area contributed by atoms with Crippen molar-refractivity contribution in [1.29, 1.82) is 0 Å². The van der Waals surface area contributed by atoms with Gasteiger partial charge in [0.05, 0.1) is 16.1 Å². The first-order valence-electron chi connectivity index (χ1n) is 5.72. The maximum Gasteiger partial charge on any atom is 0.335 e. The number of carboxylic acids is 1. The second kappa shape index (κ2) is 5.03. The molecule has 0 unspecified atom stereocenters. The molecule has 5 nitrogen and oxygen atoms in total. The maximum absolute atomic E-state index is 10.9. The summed E-state index contributed by atoms with van der Waals surface area (Å²) in [5.74, 6) is -0.237. The van der Waals surface area contributed by atoms with E-state index >= 15 is 0 Å². The number of aromatic nitrogens is 3. The molecule has 0 saturated heterocycles. The van der Waals surface area contributed by atoms with Crippen LogP contribution in [-0.4, -0.2) is 25.8 Å². The van der Waals surface area contributed by atoms with Crippen molar-refractivity contribution in [2.24, 2.45) is 0 Å². The number of carbonyl (C=O) groups is 1. The van der Waals surface area contributed by atoms with Crippen molar-refractivity contribution in [3.05, 3.63) is 52.1 Å². The van der Waals surface area contributed by atoms with Gasteiger partial charge in [0, 0.05) is 0 Å². The van der Waals surface area contributed by atoms with E-state index < -0.39 is 5.97 Å². The van der Waals surface area contributed by atoms with Crippen LogP contribution in [0.25, 0.3) is 16.4 Å². The second-order valence-corrected chi connectivity index (χ2v) is 5.35. The summed E-state index contributed by atoms with van der Waals surface area (Å²) in [7, 11) is 0. The molecule has 0 atom stereocenters. The molecule has 2 heterocycles. The molecule has 20 heavy (non-hydrogen) atoms. The van der Waals surface area contributed by atoms with E-state index in [1.165, 1.54) is 0 Å². The van der Waals surface area contributed by atoms with Gasteiger partial charge in [-0.15, -0.1) is 11.3 Å². The van der Waals surface area contributed by atoms with E-state index in [4.69, 9.17) is 17.3 Å². The van der Waals surface area contributed by atoms with Crippen molar-refractivity contribution in [2.75, 3.05) is 0 Å². The first-order chi connectivity index (χ1) is 9.66. The monoisotopic (exact) mass is 303 g/mol. The number of aromatic amines is 1. The highest BCUT2D eigenvalue weighted by Crippen LogP contribution is 2.25. The van der Waals surface area contributed by atoms with Crippen molar-refractivity contribution in [2.45, 2.75) is 0 Å². The lowest BCUT2D eigenvalue weighted by molar-refractivity contribution is 0.0697. The van der Waals surface area contributed by atoms with Crippen molar-refractivity contribution in [3.63, 3.8) is 0 Å². The highest BCUT2D eigenvalue weighted by atomic mass is 32.1. The smallest absolute Gasteiger partial charge is 0.335 e. The van der Waals surface area contributed by atoms with Gasteiger partial charge < -0.3 is 5.11 Å². The van der Waals surface area contributed by atoms with Crippen LogP contribution in [0.1, 0.15) is 10.4 Å². The molecule has 3 rings (SSSR count). The van der Waals surface area contributed by atoms with Crippen LogP contribution in [0.2, 0.25) is 0 Å². The second-order valence-electron chi connectivity index (χ2n) is 4.02. The molecule has 0 spiro atoms. The van der Waals surface area contributed by atoms with E-state index in [1.54, 1.807) is 40.2 Å². The first kappa shape index (κ1) is 12.8. The number of H-pyrrole nitrogens is 1. The Labute approximate surface area is 123 Å². The van der Waals surface area contributed by atoms with Crippen LogP contribution >= 0.6 is 23.6 Å². The highest BCUT2D eigenvalue weighted by molar-refractivity contribution is 7.71. The lowest BCUT2D eigenvalue weighted by atomic mass is 10.2. The number of thiophene rings is 1. The predicted molar refractivity (Wildman–Crippen MR) is 79.0 cm³/mol. The van der Waals surface area contributed by atoms with Gasteiger partial charge in [-0.2, -0.15) is 5.10 Å². The average molecular weight is 303 g/mol. The number of carboxylic acid groups (broad SMARTS) is 1. The molecule has 2 N–H and O–H groups in total. The number of aromatic carboxylic acids is 1. The third-order valence-electron chi connectivity index (χ3n) is 2.79. The minimum absolute atomic E-state index is 0.237. The maximum atomic E-state index is 10.9. The van der Waals surface area contributed by atoms with Crippen LogP contribution in [0, 0.1) is 4.77 Å². The van der Waals surface area contributed by atoms with E-state index in [9.17, 15) is 4.79 Å². The minimum Gasteiger partial charge on any atom is -0.478 e. The molecule has 100 valence electrons. The quantitative estimate of drug-likeness (QED) is 0.728. The highest BCUT2D eigenvalue weighted by Gasteiger charge is 2.12. The number of benzene rings is 1. The van der Waals surface area contributed by atoms with Crippen LogP contribution in [0.15, 0.2) is 41.8 Å². The number of hydrogen-bond donors (Lipinski definition) is 2. The summed E-state index contributed by atoms with van der Waals surface area (Å²) < 4.78 is 2.25.